The average molecular weight is 456 g/mol. The van der Waals surface area contributed by atoms with Gasteiger partial charge >= 0.3 is 0 Å². The van der Waals surface area contributed by atoms with Crippen molar-refractivity contribution in [2.45, 2.75) is 25.7 Å². The van der Waals surface area contributed by atoms with Crippen LogP contribution in [0.15, 0.2) is 47.1 Å². The van der Waals surface area contributed by atoms with Crippen LogP contribution in [0.2, 0.25) is 0 Å². The molecule has 1 fully saturated rings. The summed E-state index contributed by atoms with van der Waals surface area (Å²) in [5.74, 6) is 1.44. The third-order valence-corrected chi connectivity index (χ3v) is 6.27. The van der Waals surface area contributed by atoms with Crippen molar-refractivity contribution < 1.29 is 9.53 Å². The third-order valence-electron chi connectivity index (χ3n) is 5.78. The van der Waals surface area contributed by atoms with E-state index in [9.17, 15) is 4.79 Å². The molecule has 0 atom stereocenters. The zero-order valence-corrected chi connectivity index (χ0v) is 18.4. The summed E-state index contributed by atoms with van der Waals surface area (Å²) in [6.07, 6.45) is 4.23. The summed E-state index contributed by atoms with van der Waals surface area (Å²) in [5.41, 5.74) is 4.43. The van der Waals surface area contributed by atoms with Gasteiger partial charge in [-0.15, -0.1) is 0 Å². The molecule has 152 valence electrons. The summed E-state index contributed by atoms with van der Waals surface area (Å²) in [6.45, 7) is 4.29. The standard InChI is InChI=1S/C23H26BrN3O2/c1-15-11-17(24)3-5-21(15)26-23(28)14-27-9-7-16(8-10-27)20-13-25-22-6-4-18(29-2)12-19(20)22/h3-6,11-13,16,25H,7-10,14H2,1-2H3,(H,26,28). The monoisotopic (exact) mass is 455 g/mol. The average Bonchev–Trinajstić information content (AvgIpc) is 3.14. The zero-order chi connectivity index (χ0) is 20.4. The van der Waals surface area contributed by atoms with Crippen LogP contribution in [-0.4, -0.2) is 42.5 Å². The van der Waals surface area contributed by atoms with Crippen LogP contribution in [0.1, 0.15) is 29.9 Å². The number of nitrogens with zero attached hydrogens (tertiary/aromatic N) is 1. The van der Waals surface area contributed by atoms with Crippen LogP contribution in [0, 0.1) is 6.92 Å². The lowest BCUT2D eigenvalue weighted by Crippen LogP contribution is -2.38. The van der Waals surface area contributed by atoms with Gasteiger partial charge in [-0.1, -0.05) is 15.9 Å². The van der Waals surface area contributed by atoms with Gasteiger partial charge < -0.3 is 15.0 Å². The number of halogens is 1. The van der Waals surface area contributed by atoms with E-state index in [4.69, 9.17) is 4.74 Å². The Morgan fingerprint density at radius 1 is 1.24 bits per heavy atom. The molecule has 0 saturated carbocycles. The predicted octanol–water partition coefficient (Wildman–Crippen LogP) is 5.07. The number of benzene rings is 2. The Labute approximate surface area is 179 Å². The van der Waals surface area contributed by atoms with Crippen LogP contribution in [0.5, 0.6) is 5.75 Å². The highest BCUT2D eigenvalue weighted by Crippen LogP contribution is 2.34. The maximum atomic E-state index is 12.5. The number of carbonyl (C=O) groups is 1. The highest BCUT2D eigenvalue weighted by atomic mass is 79.9. The van der Waals surface area contributed by atoms with Gasteiger partial charge in [-0.3, -0.25) is 9.69 Å². The lowest BCUT2D eigenvalue weighted by molar-refractivity contribution is -0.117. The number of nitrogens with one attached hydrogen (secondary N) is 2. The number of aromatic nitrogens is 1. The smallest absolute Gasteiger partial charge is 0.238 e. The zero-order valence-electron chi connectivity index (χ0n) is 16.8. The molecule has 2 N–H and O–H groups in total. The number of hydrogen-bond donors (Lipinski definition) is 2. The molecule has 5 nitrogen and oxygen atoms in total. The van der Waals surface area contributed by atoms with Crippen LogP contribution in [0.3, 0.4) is 0 Å². The van der Waals surface area contributed by atoms with E-state index in [0.717, 1.165) is 52.9 Å². The van der Waals surface area contributed by atoms with E-state index in [-0.39, 0.29) is 5.91 Å². The van der Waals surface area contributed by atoms with Crippen LogP contribution < -0.4 is 10.1 Å². The van der Waals surface area contributed by atoms with Gasteiger partial charge in [-0.05, 0) is 86.3 Å². The summed E-state index contributed by atoms with van der Waals surface area (Å²) in [6, 6.07) is 12.1. The summed E-state index contributed by atoms with van der Waals surface area (Å²) < 4.78 is 6.41. The van der Waals surface area contributed by atoms with Gasteiger partial charge in [0.25, 0.3) is 0 Å². The molecule has 0 radical (unpaired) electrons. The molecule has 4 rings (SSSR count). The number of amides is 1. The minimum Gasteiger partial charge on any atom is -0.497 e. The van der Waals surface area contributed by atoms with E-state index in [1.165, 1.54) is 10.9 Å². The van der Waals surface area contributed by atoms with Crippen LogP contribution in [0.25, 0.3) is 10.9 Å². The molecule has 3 aromatic rings. The fourth-order valence-corrected chi connectivity index (χ4v) is 4.62. The molecule has 0 spiro atoms. The van der Waals surface area contributed by atoms with Crippen LogP contribution in [-0.2, 0) is 4.79 Å². The summed E-state index contributed by atoms with van der Waals surface area (Å²) in [4.78, 5) is 18.1. The first-order valence-corrected chi connectivity index (χ1v) is 10.8. The number of hydrogen-bond acceptors (Lipinski definition) is 3. The van der Waals surface area contributed by atoms with Gasteiger partial charge in [-0.2, -0.15) is 0 Å². The summed E-state index contributed by atoms with van der Waals surface area (Å²) in [5, 5.41) is 4.28. The third kappa shape index (κ3) is 4.49. The molecule has 29 heavy (non-hydrogen) atoms. The van der Waals surface area contributed by atoms with Crippen molar-refractivity contribution in [2.24, 2.45) is 0 Å². The predicted molar refractivity (Wildman–Crippen MR) is 121 cm³/mol. The Kier molecular flexibility index (Phi) is 5.92. The molecule has 2 aromatic carbocycles. The Hall–Kier alpha value is -2.31. The maximum absolute atomic E-state index is 12.5. The number of likely N-dealkylation sites (tertiary alicyclic amines) is 1. The summed E-state index contributed by atoms with van der Waals surface area (Å²) >= 11 is 3.46. The first-order chi connectivity index (χ1) is 14.0. The Morgan fingerprint density at radius 3 is 2.76 bits per heavy atom. The normalized spacial score (nSPS) is 15.6. The van der Waals surface area contributed by atoms with E-state index in [1.54, 1.807) is 7.11 Å². The lowest BCUT2D eigenvalue weighted by Gasteiger charge is -2.31. The number of carbonyl (C=O) groups excluding carboxylic acids is 1. The molecule has 6 heteroatoms. The van der Waals surface area contributed by atoms with Gasteiger partial charge in [0, 0.05) is 27.3 Å². The van der Waals surface area contributed by atoms with E-state index in [1.807, 2.05) is 31.2 Å². The molecule has 1 amide bonds. The largest absolute Gasteiger partial charge is 0.497 e. The van der Waals surface area contributed by atoms with Gasteiger partial charge in [0.1, 0.15) is 5.75 Å². The summed E-state index contributed by atoms with van der Waals surface area (Å²) in [7, 11) is 1.70. The number of H-pyrrole nitrogens is 1. The molecule has 1 aromatic heterocycles. The molecular weight excluding hydrogens is 430 g/mol. The number of aromatic amines is 1. The van der Waals surface area contributed by atoms with Crippen molar-refractivity contribution in [3.8, 4) is 5.75 Å². The number of fused-ring (bicyclic) bond motifs is 1. The number of ether oxygens (including phenoxy) is 1. The van der Waals surface area contributed by atoms with Crippen molar-refractivity contribution >= 4 is 38.4 Å². The number of aryl methyl sites for hydroxylation is 1. The van der Waals surface area contributed by atoms with Crippen LogP contribution >= 0.6 is 15.9 Å². The van der Waals surface area contributed by atoms with Gasteiger partial charge in [-0.25, -0.2) is 0 Å². The fourth-order valence-electron chi connectivity index (χ4n) is 4.15. The maximum Gasteiger partial charge on any atom is 0.238 e. The minimum absolute atomic E-state index is 0.0469. The first-order valence-electron chi connectivity index (χ1n) is 9.97. The highest BCUT2D eigenvalue weighted by Gasteiger charge is 2.24. The Bertz CT molecular complexity index is 1020. The highest BCUT2D eigenvalue weighted by molar-refractivity contribution is 9.10. The van der Waals surface area contributed by atoms with E-state index in [2.05, 4.69) is 49.5 Å². The van der Waals surface area contributed by atoms with Crippen LogP contribution in [0.4, 0.5) is 5.69 Å². The minimum atomic E-state index is 0.0469. The van der Waals surface area contributed by atoms with E-state index in [0.29, 0.717) is 12.5 Å². The number of methoxy groups -OCH3 is 1. The van der Waals surface area contributed by atoms with Gasteiger partial charge in [0.2, 0.25) is 5.91 Å². The number of rotatable bonds is 5. The second-order valence-corrected chi connectivity index (χ2v) is 8.63. The molecule has 2 heterocycles. The van der Waals surface area contributed by atoms with Crippen molar-refractivity contribution in [1.82, 2.24) is 9.88 Å². The Morgan fingerprint density at radius 2 is 2.03 bits per heavy atom. The molecule has 0 unspecified atom stereocenters. The number of piperidine rings is 1. The van der Waals surface area contributed by atoms with Crippen molar-refractivity contribution in [3.63, 3.8) is 0 Å². The second-order valence-electron chi connectivity index (χ2n) is 7.71. The molecule has 1 aliphatic rings. The fraction of sp³-hybridized carbons (Fsp3) is 0.348. The number of anilines is 1. The molecular formula is C23H26BrN3O2. The van der Waals surface area contributed by atoms with Crippen molar-refractivity contribution in [1.29, 1.82) is 0 Å². The van der Waals surface area contributed by atoms with Crippen molar-refractivity contribution in [2.75, 3.05) is 32.1 Å². The van der Waals surface area contributed by atoms with Gasteiger partial charge in [0.05, 0.1) is 13.7 Å². The SMILES string of the molecule is COc1ccc2[nH]cc(C3CCN(CC(=O)Nc4ccc(Br)cc4C)CC3)c2c1. The lowest BCUT2D eigenvalue weighted by atomic mass is 9.89. The van der Waals surface area contributed by atoms with Crippen molar-refractivity contribution in [3.05, 3.63) is 58.2 Å². The molecule has 0 bridgehead atoms. The molecule has 1 saturated heterocycles. The molecule has 1 aliphatic heterocycles. The van der Waals surface area contributed by atoms with Gasteiger partial charge in [0.15, 0.2) is 0 Å². The molecule has 0 aliphatic carbocycles. The topological polar surface area (TPSA) is 57.4 Å². The second kappa shape index (κ2) is 8.59. The quantitative estimate of drug-likeness (QED) is 0.564. The Balaban J connectivity index is 1.35. The van der Waals surface area contributed by atoms with E-state index >= 15 is 0 Å². The van der Waals surface area contributed by atoms with E-state index < -0.39 is 0 Å². The first kappa shape index (κ1) is 20.0.